The number of aryl methyl sites for hydroxylation is 1. The second-order valence-electron chi connectivity index (χ2n) is 3.99. The summed E-state index contributed by atoms with van der Waals surface area (Å²) in [7, 11) is 2.05. The van der Waals surface area contributed by atoms with Gasteiger partial charge in [0.1, 0.15) is 11.6 Å². The topological polar surface area (TPSA) is 41.1 Å². The van der Waals surface area contributed by atoms with E-state index in [9.17, 15) is 0 Å². The Morgan fingerprint density at radius 2 is 2.20 bits per heavy atom. The average Bonchev–Trinajstić information content (AvgIpc) is 2.17. The van der Waals surface area contributed by atoms with Gasteiger partial charge < -0.3 is 10.2 Å². The summed E-state index contributed by atoms with van der Waals surface area (Å²) in [5.74, 6) is 1.80. The predicted molar refractivity (Wildman–Crippen MR) is 63.2 cm³/mol. The molecule has 0 aliphatic carbocycles. The number of hydrogen-bond donors (Lipinski definition) is 1. The van der Waals surface area contributed by atoms with Crippen LogP contribution in [0.3, 0.4) is 0 Å². The molecule has 0 spiro atoms. The number of anilines is 1. The highest BCUT2D eigenvalue weighted by atomic mass is 15.2. The summed E-state index contributed by atoms with van der Waals surface area (Å²) in [4.78, 5) is 10.6. The molecule has 0 fully saturated rings. The lowest BCUT2D eigenvalue weighted by atomic mass is 10.4. The zero-order valence-corrected chi connectivity index (χ0v) is 9.99. The van der Waals surface area contributed by atoms with E-state index in [1.54, 1.807) is 6.20 Å². The van der Waals surface area contributed by atoms with Gasteiger partial charge in [-0.2, -0.15) is 0 Å². The first kappa shape index (κ1) is 11.9. The van der Waals surface area contributed by atoms with Crippen LogP contribution in [0.5, 0.6) is 0 Å². The quantitative estimate of drug-likeness (QED) is 0.790. The van der Waals surface area contributed by atoms with Gasteiger partial charge in [0.25, 0.3) is 0 Å². The van der Waals surface area contributed by atoms with E-state index in [2.05, 4.69) is 34.0 Å². The molecule has 0 aromatic carbocycles. The summed E-state index contributed by atoms with van der Waals surface area (Å²) in [6.45, 7) is 8.12. The number of hydrogen-bond acceptors (Lipinski definition) is 4. The zero-order valence-electron chi connectivity index (χ0n) is 9.99. The first-order valence-corrected chi connectivity index (χ1v) is 5.34. The maximum atomic E-state index is 4.36. The van der Waals surface area contributed by atoms with Crippen molar-refractivity contribution < 1.29 is 0 Å². The van der Waals surface area contributed by atoms with Crippen LogP contribution < -0.4 is 10.2 Å². The van der Waals surface area contributed by atoms with Crippen molar-refractivity contribution in [2.24, 2.45) is 0 Å². The molecule has 4 nitrogen and oxygen atoms in total. The molecule has 84 valence electrons. The van der Waals surface area contributed by atoms with Gasteiger partial charge >= 0.3 is 0 Å². The molecule has 0 bridgehead atoms. The summed E-state index contributed by atoms with van der Waals surface area (Å²) in [5.41, 5.74) is 0. The molecular formula is C11H20N4. The highest BCUT2D eigenvalue weighted by Gasteiger charge is 2.02. The molecule has 1 aromatic heterocycles. The highest BCUT2D eigenvalue weighted by Crippen LogP contribution is 2.06. The number of aromatic nitrogens is 2. The Balaban J connectivity index is 2.43. The van der Waals surface area contributed by atoms with Gasteiger partial charge in [-0.05, 0) is 13.0 Å². The first-order chi connectivity index (χ1) is 7.09. The summed E-state index contributed by atoms with van der Waals surface area (Å²) >= 11 is 0. The van der Waals surface area contributed by atoms with Gasteiger partial charge in [0.05, 0.1) is 0 Å². The molecule has 0 aliphatic heterocycles. The predicted octanol–water partition coefficient (Wildman–Crippen LogP) is 1.22. The van der Waals surface area contributed by atoms with Gasteiger partial charge in [-0.1, -0.05) is 13.8 Å². The normalized spacial score (nSPS) is 10.7. The smallest absolute Gasteiger partial charge is 0.132 e. The van der Waals surface area contributed by atoms with Crippen molar-refractivity contribution in [3.8, 4) is 0 Å². The molecule has 15 heavy (non-hydrogen) atoms. The molecule has 0 saturated carbocycles. The van der Waals surface area contributed by atoms with Crippen LogP contribution in [0.4, 0.5) is 5.82 Å². The molecule has 0 amide bonds. The SMILES string of the molecule is Cc1nccc(N(C)CCNC(C)C)n1. The molecule has 0 atom stereocenters. The van der Waals surface area contributed by atoms with Crippen LogP contribution in [-0.4, -0.2) is 36.1 Å². The summed E-state index contributed by atoms with van der Waals surface area (Å²) in [6, 6.07) is 2.47. The van der Waals surface area contributed by atoms with Crippen LogP contribution in [0, 0.1) is 6.92 Å². The maximum Gasteiger partial charge on any atom is 0.132 e. The largest absolute Gasteiger partial charge is 0.358 e. The Labute approximate surface area is 91.7 Å². The van der Waals surface area contributed by atoms with E-state index in [-0.39, 0.29) is 0 Å². The van der Waals surface area contributed by atoms with Crippen LogP contribution in [-0.2, 0) is 0 Å². The molecular weight excluding hydrogens is 188 g/mol. The van der Waals surface area contributed by atoms with Crippen LogP contribution >= 0.6 is 0 Å². The van der Waals surface area contributed by atoms with Gasteiger partial charge in [-0.3, -0.25) is 0 Å². The molecule has 1 rings (SSSR count). The van der Waals surface area contributed by atoms with Gasteiger partial charge in [-0.25, -0.2) is 9.97 Å². The first-order valence-electron chi connectivity index (χ1n) is 5.34. The zero-order chi connectivity index (χ0) is 11.3. The number of nitrogens with zero attached hydrogens (tertiary/aromatic N) is 3. The van der Waals surface area contributed by atoms with E-state index in [1.807, 2.05) is 20.0 Å². The van der Waals surface area contributed by atoms with Crippen molar-refractivity contribution in [1.29, 1.82) is 0 Å². The molecule has 0 radical (unpaired) electrons. The molecule has 1 heterocycles. The Morgan fingerprint density at radius 1 is 1.47 bits per heavy atom. The van der Waals surface area contributed by atoms with Gasteiger partial charge in [0.15, 0.2) is 0 Å². The van der Waals surface area contributed by atoms with E-state index in [4.69, 9.17) is 0 Å². The van der Waals surface area contributed by atoms with E-state index >= 15 is 0 Å². The van der Waals surface area contributed by atoms with E-state index in [0.29, 0.717) is 6.04 Å². The monoisotopic (exact) mass is 208 g/mol. The fourth-order valence-electron chi connectivity index (χ4n) is 1.29. The van der Waals surface area contributed by atoms with Gasteiger partial charge in [-0.15, -0.1) is 0 Å². The minimum absolute atomic E-state index is 0.533. The molecule has 4 heteroatoms. The Hall–Kier alpha value is -1.16. The van der Waals surface area contributed by atoms with Gasteiger partial charge in [0, 0.05) is 32.4 Å². The lowest BCUT2D eigenvalue weighted by molar-refractivity contribution is 0.588. The Kier molecular flexibility index (Phi) is 4.49. The maximum absolute atomic E-state index is 4.36. The van der Waals surface area contributed by atoms with Crippen LogP contribution in [0.2, 0.25) is 0 Å². The summed E-state index contributed by atoms with van der Waals surface area (Å²) in [6.07, 6.45) is 1.80. The van der Waals surface area contributed by atoms with Crippen molar-refractivity contribution >= 4 is 5.82 Å². The van der Waals surface area contributed by atoms with E-state index in [0.717, 1.165) is 24.7 Å². The van der Waals surface area contributed by atoms with Crippen molar-refractivity contribution in [2.45, 2.75) is 26.8 Å². The number of rotatable bonds is 5. The van der Waals surface area contributed by atoms with Crippen molar-refractivity contribution in [2.75, 3.05) is 25.0 Å². The highest BCUT2D eigenvalue weighted by molar-refractivity contribution is 5.35. The average molecular weight is 208 g/mol. The van der Waals surface area contributed by atoms with E-state index in [1.165, 1.54) is 0 Å². The summed E-state index contributed by atoms with van der Waals surface area (Å²) in [5, 5.41) is 3.38. The molecule has 0 unspecified atom stereocenters. The lowest BCUT2D eigenvalue weighted by Gasteiger charge is -2.19. The number of likely N-dealkylation sites (N-methyl/N-ethyl adjacent to an activating group) is 1. The second kappa shape index (κ2) is 5.66. The number of nitrogens with one attached hydrogen (secondary N) is 1. The molecule has 0 aliphatic rings. The fraction of sp³-hybridized carbons (Fsp3) is 0.636. The van der Waals surface area contributed by atoms with Crippen molar-refractivity contribution in [1.82, 2.24) is 15.3 Å². The molecule has 1 aromatic rings. The molecule has 0 saturated heterocycles. The third-order valence-corrected chi connectivity index (χ3v) is 2.15. The standard InChI is InChI=1S/C11H20N4/c1-9(2)12-7-8-15(4)11-5-6-13-10(3)14-11/h5-6,9,12H,7-8H2,1-4H3. The molecule has 1 N–H and O–H groups in total. The second-order valence-corrected chi connectivity index (χ2v) is 3.99. The third-order valence-electron chi connectivity index (χ3n) is 2.15. The van der Waals surface area contributed by atoms with Crippen LogP contribution in [0.1, 0.15) is 19.7 Å². The van der Waals surface area contributed by atoms with Gasteiger partial charge in [0.2, 0.25) is 0 Å². The van der Waals surface area contributed by atoms with Crippen molar-refractivity contribution in [3.63, 3.8) is 0 Å². The van der Waals surface area contributed by atoms with E-state index < -0.39 is 0 Å². The van der Waals surface area contributed by atoms with Crippen LogP contribution in [0.15, 0.2) is 12.3 Å². The fourth-order valence-corrected chi connectivity index (χ4v) is 1.29. The minimum Gasteiger partial charge on any atom is -0.358 e. The van der Waals surface area contributed by atoms with Crippen molar-refractivity contribution in [3.05, 3.63) is 18.1 Å². The lowest BCUT2D eigenvalue weighted by Crippen LogP contribution is -2.33. The Bertz CT molecular complexity index is 298. The minimum atomic E-state index is 0.533. The third kappa shape index (κ3) is 4.25. The summed E-state index contributed by atoms with van der Waals surface area (Å²) < 4.78 is 0. The van der Waals surface area contributed by atoms with Crippen LogP contribution in [0.25, 0.3) is 0 Å². The Morgan fingerprint density at radius 3 is 2.80 bits per heavy atom.